The van der Waals surface area contributed by atoms with E-state index in [-0.39, 0.29) is 23.7 Å². The smallest absolute Gasteiger partial charge is 0.227 e. The predicted molar refractivity (Wildman–Crippen MR) is 126 cm³/mol. The molecule has 0 spiro atoms. The SMILES string of the molecule is COc1ccc(N2C(=O)CCC(C(=O)NC3CCCC(C)C3C)C2c2ccc(F)cc2)cc1. The Balaban J connectivity index is 1.67. The van der Waals surface area contributed by atoms with Crippen molar-refractivity contribution in [3.8, 4) is 5.75 Å². The first kappa shape index (κ1) is 23.3. The molecule has 0 aromatic heterocycles. The summed E-state index contributed by atoms with van der Waals surface area (Å²) in [6.07, 6.45) is 4.04. The number of ether oxygens (including phenoxy) is 1. The maximum absolute atomic E-state index is 13.7. The number of benzene rings is 2. The Morgan fingerprint density at radius 3 is 2.39 bits per heavy atom. The molecule has 33 heavy (non-hydrogen) atoms. The number of hydrogen-bond donors (Lipinski definition) is 1. The van der Waals surface area contributed by atoms with E-state index in [9.17, 15) is 14.0 Å². The Kier molecular flexibility index (Phi) is 7.01. The Hall–Kier alpha value is -2.89. The minimum Gasteiger partial charge on any atom is -0.497 e. The quantitative estimate of drug-likeness (QED) is 0.673. The maximum atomic E-state index is 13.7. The highest BCUT2D eigenvalue weighted by Gasteiger charge is 2.42. The molecule has 6 heteroatoms. The molecule has 1 saturated heterocycles. The summed E-state index contributed by atoms with van der Waals surface area (Å²) in [7, 11) is 1.59. The average Bonchev–Trinajstić information content (AvgIpc) is 2.82. The van der Waals surface area contributed by atoms with Gasteiger partial charge in [-0.05, 0) is 66.6 Å². The largest absolute Gasteiger partial charge is 0.497 e. The summed E-state index contributed by atoms with van der Waals surface area (Å²) in [5.41, 5.74) is 1.46. The van der Waals surface area contributed by atoms with E-state index in [4.69, 9.17) is 4.74 Å². The van der Waals surface area contributed by atoms with Crippen molar-refractivity contribution in [2.45, 2.75) is 58.0 Å². The van der Waals surface area contributed by atoms with Crippen LogP contribution in [0.1, 0.15) is 57.6 Å². The number of piperidine rings is 1. The van der Waals surface area contributed by atoms with Gasteiger partial charge in [0.05, 0.1) is 19.1 Å². The summed E-state index contributed by atoms with van der Waals surface area (Å²) < 4.78 is 19.0. The molecule has 5 unspecified atom stereocenters. The van der Waals surface area contributed by atoms with Gasteiger partial charge in [0.1, 0.15) is 11.6 Å². The molecule has 4 rings (SSSR count). The zero-order valence-electron chi connectivity index (χ0n) is 19.6. The lowest BCUT2D eigenvalue weighted by atomic mass is 9.77. The van der Waals surface area contributed by atoms with E-state index in [0.717, 1.165) is 18.4 Å². The van der Waals surface area contributed by atoms with Gasteiger partial charge in [-0.25, -0.2) is 4.39 Å². The number of amides is 2. The molecule has 0 radical (unpaired) electrons. The molecule has 2 aromatic carbocycles. The number of carbonyl (C=O) groups is 2. The zero-order chi connectivity index (χ0) is 23.5. The molecule has 5 atom stereocenters. The van der Waals surface area contributed by atoms with Crippen LogP contribution in [-0.2, 0) is 9.59 Å². The Morgan fingerprint density at radius 1 is 1.03 bits per heavy atom. The van der Waals surface area contributed by atoms with E-state index in [1.807, 2.05) is 12.1 Å². The van der Waals surface area contributed by atoms with Gasteiger partial charge in [0.15, 0.2) is 0 Å². The van der Waals surface area contributed by atoms with Crippen molar-refractivity contribution in [1.82, 2.24) is 5.32 Å². The van der Waals surface area contributed by atoms with Gasteiger partial charge < -0.3 is 15.0 Å². The van der Waals surface area contributed by atoms with Gasteiger partial charge >= 0.3 is 0 Å². The van der Waals surface area contributed by atoms with Crippen LogP contribution in [-0.4, -0.2) is 25.0 Å². The van der Waals surface area contributed by atoms with Crippen molar-refractivity contribution in [3.63, 3.8) is 0 Å². The highest BCUT2D eigenvalue weighted by Crippen LogP contribution is 2.41. The van der Waals surface area contributed by atoms with Crippen LogP contribution in [0.3, 0.4) is 0 Å². The molecule has 2 amide bonds. The van der Waals surface area contributed by atoms with Crippen molar-refractivity contribution in [3.05, 3.63) is 59.9 Å². The third-order valence-electron chi connectivity index (χ3n) is 7.53. The monoisotopic (exact) mass is 452 g/mol. The lowest BCUT2D eigenvalue weighted by molar-refractivity contribution is -0.130. The first-order chi connectivity index (χ1) is 15.9. The van der Waals surface area contributed by atoms with Crippen molar-refractivity contribution in [1.29, 1.82) is 0 Å². The van der Waals surface area contributed by atoms with Crippen LogP contribution >= 0.6 is 0 Å². The molecule has 1 aliphatic carbocycles. The molecule has 176 valence electrons. The summed E-state index contributed by atoms with van der Waals surface area (Å²) in [5, 5.41) is 3.31. The van der Waals surface area contributed by atoms with E-state index in [1.54, 1.807) is 36.3 Å². The second kappa shape index (κ2) is 9.94. The minimum atomic E-state index is -0.503. The fourth-order valence-corrected chi connectivity index (χ4v) is 5.33. The zero-order valence-corrected chi connectivity index (χ0v) is 19.6. The standard InChI is InChI=1S/C27H33FN2O3/c1-17-5-4-6-24(18(17)2)29-27(32)23-15-16-25(31)30(21-11-13-22(33-3)14-12-21)26(23)19-7-9-20(28)10-8-19/h7-14,17-18,23-24,26H,4-6,15-16H2,1-3H3,(H,29,32). The Bertz CT molecular complexity index is 976. The van der Waals surface area contributed by atoms with Crippen LogP contribution < -0.4 is 15.0 Å². The van der Waals surface area contributed by atoms with Crippen molar-refractivity contribution in [2.75, 3.05) is 12.0 Å². The fourth-order valence-electron chi connectivity index (χ4n) is 5.33. The van der Waals surface area contributed by atoms with Crippen LogP contribution in [0.2, 0.25) is 0 Å². The predicted octanol–water partition coefficient (Wildman–Crippen LogP) is 5.26. The molecule has 2 aliphatic rings. The van der Waals surface area contributed by atoms with Crippen molar-refractivity contribution in [2.24, 2.45) is 17.8 Å². The number of nitrogens with zero attached hydrogens (tertiary/aromatic N) is 1. The summed E-state index contributed by atoms with van der Waals surface area (Å²) >= 11 is 0. The molecule has 1 saturated carbocycles. The molecular weight excluding hydrogens is 419 g/mol. The second-order valence-electron chi connectivity index (χ2n) is 9.49. The van der Waals surface area contributed by atoms with Crippen LogP contribution in [0.5, 0.6) is 5.75 Å². The number of halogens is 1. The fraction of sp³-hybridized carbons (Fsp3) is 0.481. The second-order valence-corrected chi connectivity index (χ2v) is 9.49. The Labute approximate surface area is 195 Å². The maximum Gasteiger partial charge on any atom is 0.227 e. The summed E-state index contributed by atoms with van der Waals surface area (Å²) in [6.45, 7) is 4.45. The molecular formula is C27H33FN2O3. The minimum absolute atomic E-state index is 0.0266. The van der Waals surface area contributed by atoms with Crippen LogP contribution in [0.25, 0.3) is 0 Å². The summed E-state index contributed by atoms with van der Waals surface area (Å²) in [4.78, 5) is 28.5. The van der Waals surface area contributed by atoms with Crippen LogP contribution in [0.4, 0.5) is 10.1 Å². The van der Waals surface area contributed by atoms with Gasteiger partial charge in [-0.3, -0.25) is 9.59 Å². The molecule has 2 aromatic rings. The van der Waals surface area contributed by atoms with E-state index < -0.39 is 12.0 Å². The lowest BCUT2D eigenvalue weighted by Gasteiger charge is -2.42. The average molecular weight is 453 g/mol. The van der Waals surface area contributed by atoms with Crippen molar-refractivity contribution >= 4 is 17.5 Å². The Morgan fingerprint density at radius 2 is 1.73 bits per heavy atom. The highest BCUT2D eigenvalue weighted by molar-refractivity contribution is 5.97. The van der Waals surface area contributed by atoms with Gasteiger partial charge in [-0.15, -0.1) is 0 Å². The molecule has 5 nitrogen and oxygen atoms in total. The number of nitrogens with one attached hydrogen (secondary N) is 1. The summed E-state index contributed by atoms with van der Waals surface area (Å²) in [6, 6.07) is 13.1. The third-order valence-corrected chi connectivity index (χ3v) is 7.53. The molecule has 1 aliphatic heterocycles. The number of carbonyl (C=O) groups excluding carboxylic acids is 2. The third kappa shape index (κ3) is 4.90. The number of methoxy groups -OCH3 is 1. The molecule has 1 heterocycles. The van der Waals surface area contributed by atoms with Gasteiger partial charge in [-0.1, -0.05) is 38.8 Å². The topological polar surface area (TPSA) is 58.6 Å². The van der Waals surface area contributed by atoms with Crippen molar-refractivity contribution < 1.29 is 18.7 Å². The number of anilines is 1. The van der Waals surface area contributed by atoms with E-state index >= 15 is 0 Å². The first-order valence-corrected chi connectivity index (χ1v) is 11.9. The molecule has 2 fully saturated rings. The summed E-state index contributed by atoms with van der Waals surface area (Å²) in [5.74, 6) is 0.842. The molecule has 1 N–H and O–H groups in total. The van der Waals surface area contributed by atoms with E-state index in [0.29, 0.717) is 36.1 Å². The first-order valence-electron chi connectivity index (χ1n) is 11.9. The van der Waals surface area contributed by atoms with Gasteiger partial charge in [0.25, 0.3) is 0 Å². The van der Waals surface area contributed by atoms with E-state index in [2.05, 4.69) is 19.2 Å². The van der Waals surface area contributed by atoms with Crippen LogP contribution in [0, 0.1) is 23.6 Å². The van der Waals surface area contributed by atoms with Gasteiger partial charge in [-0.2, -0.15) is 0 Å². The normalized spacial score (nSPS) is 27.8. The number of rotatable bonds is 5. The molecule has 0 bridgehead atoms. The lowest BCUT2D eigenvalue weighted by Crippen LogP contribution is -2.52. The van der Waals surface area contributed by atoms with Crippen LogP contribution in [0.15, 0.2) is 48.5 Å². The van der Waals surface area contributed by atoms with E-state index in [1.165, 1.54) is 18.6 Å². The van der Waals surface area contributed by atoms with Gasteiger partial charge in [0, 0.05) is 18.2 Å². The highest BCUT2D eigenvalue weighted by atomic mass is 19.1. The number of hydrogen-bond acceptors (Lipinski definition) is 3. The van der Waals surface area contributed by atoms with Gasteiger partial charge in [0.2, 0.25) is 11.8 Å².